The van der Waals surface area contributed by atoms with Crippen molar-refractivity contribution in [1.82, 2.24) is 0 Å². The topological polar surface area (TPSA) is 237 Å². The molecule has 0 heterocycles. The Labute approximate surface area is 581 Å². The summed E-state index contributed by atoms with van der Waals surface area (Å²) in [7, 11) is -9.91. The summed E-state index contributed by atoms with van der Waals surface area (Å²) in [5.74, 6) is 0.137. The molecule has 0 radical (unpaired) electrons. The van der Waals surface area contributed by atoms with Gasteiger partial charge in [0.2, 0.25) is 0 Å². The molecular weight excluding hydrogens is 1250 g/mol. The van der Waals surface area contributed by atoms with Crippen molar-refractivity contribution < 1.29 is 80.2 Å². The molecule has 19 heteroatoms. The molecule has 0 saturated carbocycles. The highest BCUT2D eigenvalue weighted by molar-refractivity contribution is 7.47. The number of carbonyl (C=O) groups excluding carboxylic acids is 4. The first-order chi connectivity index (χ1) is 45.7. The second-order valence-corrected chi connectivity index (χ2v) is 31.7. The molecule has 0 aliphatic rings. The largest absolute Gasteiger partial charge is 0.472 e. The maximum absolute atomic E-state index is 13.1. The van der Waals surface area contributed by atoms with E-state index >= 15 is 0 Å². The summed E-state index contributed by atoms with van der Waals surface area (Å²) in [4.78, 5) is 72.8. The number of unbranched alkanes of at least 4 members (excludes halogenated alkanes) is 42. The highest BCUT2D eigenvalue weighted by Crippen LogP contribution is 2.45. The lowest BCUT2D eigenvalue weighted by Crippen LogP contribution is -2.30. The average Bonchev–Trinajstić information content (AvgIpc) is 1.40. The van der Waals surface area contributed by atoms with E-state index in [9.17, 15) is 43.2 Å². The van der Waals surface area contributed by atoms with E-state index in [0.717, 1.165) is 108 Å². The molecule has 3 N–H and O–H groups in total. The lowest BCUT2D eigenvalue weighted by atomic mass is 10.0. The van der Waals surface area contributed by atoms with Crippen molar-refractivity contribution in [2.24, 2.45) is 17.8 Å². The minimum atomic E-state index is -4.96. The Morgan fingerprint density at radius 2 is 0.484 bits per heavy atom. The minimum Gasteiger partial charge on any atom is -0.462 e. The Morgan fingerprint density at radius 1 is 0.284 bits per heavy atom. The Kier molecular flexibility index (Phi) is 65.2. The maximum Gasteiger partial charge on any atom is 0.472 e. The molecule has 0 rings (SSSR count). The number of esters is 4. The van der Waals surface area contributed by atoms with Crippen LogP contribution in [0.15, 0.2) is 0 Å². The van der Waals surface area contributed by atoms with Crippen LogP contribution in [-0.4, -0.2) is 96.7 Å². The predicted octanol–water partition coefficient (Wildman–Crippen LogP) is 22.2. The fourth-order valence-corrected chi connectivity index (χ4v) is 13.2. The van der Waals surface area contributed by atoms with Crippen LogP contribution in [0.1, 0.15) is 389 Å². The molecule has 2 unspecified atom stereocenters. The third-order valence-corrected chi connectivity index (χ3v) is 19.5. The van der Waals surface area contributed by atoms with E-state index in [1.807, 2.05) is 0 Å². The number of rotatable bonds is 74. The molecule has 95 heavy (non-hydrogen) atoms. The molecule has 0 fully saturated rings. The fourth-order valence-electron chi connectivity index (χ4n) is 11.6. The average molecular weight is 1400 g/mol. The standard InChI is InChI=1S/C76H148O17P2/c1-8-9-10-11-12-13-14-15-16-17-18-19-20-30-38-45-52-59-75(80)92-71(63-86-73(78)57-50-43-36-29-23-21-26-33-40-47-54-67(2)3)65-90-94(82,83)88-61-70(77)62-89-95(84,85)91-66-72(64-87-74(79)58-51-44-37-32-25-28-35-42-49-56-69(6)7)93-76(81)60-53-46-39-31-24-22-27-34-41-48-55-68(4)5/h67-72,77H,8-66H2,1-7H3,(H,82,83)(H,84,85)/t70-,71-,72-/m1/s1. The molecule has 0 aromatic heterocycles. The van der Waals surface area contributed by atoms with Crippen LogP contribution in [0.4, 0.5) is 0 Å². The fraction of sp³-hybridized carbons (Fsp3) is 0.947. The van der Waals surface area contributed by atoms with Crippen LogP contribution in [0, 0.1) is 17.8 Å². The van der Waals surface area contributed by atoms with E-state index in [4.69, 9.17) is 37.0 Å². The summed E-state index contributed by atoms with van der Waals surface area (Å²) in [6.07, 6.45) is 52.7. The SMILES string of the molecule is CCCCCCCCCCCCCCCCCCCC(=O)O[C@H](COC(=O)CCCCCCCCCCCCC(C)C)COP(=O)(O)OC[C@@H](O)COP(=O)(O)OC[C@@H](COC(=O)CCCCCCCCCCCC(C)C)OC(=O)CCCCCCCCCCCCC(C)C. The molecule has 0 aliphatic heterocycles. The zero-order valence-electron chi connectivity index (χ0n) is 62.1. The van der Waals surface area contributed by atoms with Gasteiger partial charge in [-0.15, -0.1) is 0 Å². The first-order valence-electron chi connectivity index (χ1n) is 39.3. The Bertz CT molecular complexity index is 1850. The second-order valence-electron chi connectivity index (χ2n) is 28.8. The smallest absolute Gasteiger partial charge is 0.462 e. The summed E-state index contributed by atoms with van der Waals surface area (Å²) >= 11 is 0. The van der Waals surface area contributed by atoms with Crippen LogP contribution in [0.25, 0.3) is 0 Å². The Hall–Kier alpha value is -1.94. The lowest BCUT2D eigenvalue weighted by Gasteiger charge is -2.21. The van der Waals surface area contributed by atoms with Crippen LogP contribution < -0.4 is 0 Å². The number of aliphatic hydroxyl groups is 1. The van der Waals surface area contributed by atoms with Gasteiger partial charge < -0.3 is 33.8 Å². The first kappa shape index (κ1) is 93.1. The highest BCUT2D eigenvalue weighted by Gasteiger charge is 2.30. The Morgan fingerprint density at radius 3 is 0.716 bits per heavy atom. The Balaban J connectivity index is 5.26. The molecule has 0 aliphatic carbocycles. The van der Waals surface area contributed by atoms with Gasteiger partial charge >= 0.3 is 39.5 Å². The van der Waals surface area contributed by atoms with Crippen LogP contribution in [0.3, 0.4) is 0 Å². The van der Waals surface area contributed by atoms with Crippen molar-refractivity contribution in [3.63, 3.8) is 0 Å². The van der Waals surface area contributed by atoms with Crippen molar-refractivity contribution in [2.75, 3.05) is 39.6 Å². The predicted molar refractivity (Wildman–Crippen MR) is 386 cm³/mol. The van der Waals surface area contributed by atoms with Crippen molar-refractivity contribution in [1.29, 1.82) is 0 Å². The van der Waals surface area contributed by atoms with E-state index in [-0.39, 0.29) is 25.7 Å². The van der Waals surface area contributed by atoms with Crippen molar-refractivity contribution in [3.05, 3.63) is 0 Å². The van der Waals surface area contributed by atoms with Gasteiger partial charge in [0.05, 0.1) is 26.4 Å². The molecule has 0 spiro atoms. The van der Waals surface area contributed by atoms with E-state index < -0.39 is 97.5 Å². The van der Waals surface area contributed by atoms with Crippen molar-refractivity contribution in [2.45, 2.75) is 407 Å². The molecule has 564 valence electrons. The normalized spacial score (nSPS) is 14.1. The third kappa shape index (κ3) is 70.3. The number of phosphoric acid groups is 2. The molecule has 17 nitrogen and oxygen atoms in total. The van der Waals surface area contributed by atoms with Gasteiger partial charge in [-0.05, 0) is 43.4 Å². The quantitative estimate of drug-likeness (QED) is 0.0222. The molecule has 0 bridgehead atoms. The van der Waals surface area contributed by atoms with Crippen molar-refractivity contribution >= 4 is 39.5 Å². The molecule has 0 aromatic carbocycles. The van der Waals surface area contributed by atoms with Crippen LogP contribution in [0.2, 0.25) is 0 Å². The second kappa shape index (κ2) is 66.6. The van der Waals surface area contributed by atoms with E-state index in [1.54, 1.807) is 0 Å². The number of phosphoric ester groups is 2. The van der Waals surface area contributed by atoms with Gasteiger partial charge in [0.1, 0.15) is 19.3 Å². The van der Waals surface area contributed by atoms with Gasteiger partial charge in [0, 0.05) is 25.7 Å². The van der Waals surface area contributed by atoms with Gasteiger partial charge in [-0.25, -0.2) is 9.13 Å². The number of aliphatic hydroxyl groups excluding tert-OH is 1. The van der Waals surface area contributed by atoms with Gasteiger partial charge in [-0.1, -0.05) is 337 Å². The summed E-state index contributed by atoms with van der Waals surface area (Å²) in [5, 5.41) is 10.6. The zero-order valence-corrected chi connectivity index (χ0v) is 63.9. The van der Waals surface area contributed by atoms with Crippen LogP contribution in [0.5, 0.6) is 0 Å². The number of hydrogen-bond donors (Lipinski definition) is 3. The van der Waals surface area contributed by atoms with Crippen LogP contribution in [-0.2, 0) is 65.4 Å². The minimum absolute atomic E-state index is 0.105. The van der Waals surface area contributed by atoms with Crippen molar-refractivity contribution in [3.8, 4) is 0 Å². The third-order valence-electron chi connectivity index (χ3n) is 17.6. The lowest BCUT2D eigenvalue weighted by molar-refractivity contribution is -0.161. The molecule has 0 aromatic rings. The summed E-state index contributed by atoms with van der Waals surface area (Å²) < 4.78 is 68.6. The molecule has 0 amide bonds. The molecule has 0 saturated heterocycles. The molecular formula is C76H148O17P2. The summed E-state index contributed by atoms with van der Waals surface area (Å²) in [5.41, 5.74) is 0. The van der Waals surface area contributed by atoms with E-state index in [1.165, 1.54) is 199 Å². The summed E-state index contributed by atoms with van der Waals surface area (Å²) in [6, 6.07) is 0. The summed E-state index contributed by atoms with van der Waals surface area (Å²) in [6.45, 7) is 11.9. The van der Waals surface area contributed by atoms with E-state index in [0.29, 0.717) is 25.7 Å². The van der Waals surface area contributed by atoms with Gasteiger partial charge in [-0.3, -0.25) is 37.3 Å². The van der Waals surface area contributed by atoms with Gasteiger partial charge in [-0.2, -0.15) is 0 Å². The highest BCUT2D eigenvalue weighted by atomic mass is 31.2. The van der Waals surface area contributed by atoms with Gasteiger partial charge in [0.15, 0.2) is 12.2 Å². The number of hydrogen-bond acceptors (Lipinski definition) is 15. The first-order valence-corrected chi connectivity index (χ1v) is 42.3. The molecule has 5 atom stereocenters. The zero-order chi connectivity index (χ0) is 70.1. The van der Waals surface area contributed by atoms with Gasteiger partial charge in [0.25, 0.3) is 0 Å². The van der Waals surface area contributed by atoms with E-state index in [2.05, 4.69) is 48.5 Å². The maximum atomic E-state index is 13.1. The van der Waals surface area contributed by atoms with Crippen LogP contribution >= 0.6 is 15.6 Å². The monoisotopic (exact) mass is 1400 g/mol. The number of carbonyl (C=O) groups is 4. The number of ether oxygens (including phenoxy) is 4.